The molecular weight excluding hydrogens is 238 g/mol. The summed E-state index contributed by atoms with van der Waals surface area (Å²) in [5.74, 6) is 1.41. The highest BCUT2D eigenvalue weighted by Crippen LogP contribution is 2.14. The van der Waals surface area contributed by atoms with Crippen LogP contribution < -0.4 is 10.1 Å². The van der Waals surface area contributed by atoms with E-state index in [2.05, 4.69) is 5.32 Å². The Bertz CT molecular complexity index is 467. The number of hydrogen-bond acceptors (Lipinski definition) is 4. The predicted molar refractivity (Wildman–Crippen MR) is 66.9 cm³/mol. The summed E-state index contributed by atoms with van der Waals surface area (Å²) in [7, 11) is -1.16. The van der Waals surface area contributed by atoms with E-state index in [1.165, 1.54) is 0 Å². The van der Waals surface area contributed by atoms with Crippen molar-refractivity contribution in [1.29, 1.82) is 0 Å². The lowest BCUT2D eigenvalue weighted by molar-refractivity contribution is 0.414. The molecule has 0 bridgehead atoms. The molecule has 1 heterocycles. The van der Waals surface area contributed by atoms with Crippen LogP contribution in [-0.4, -0.2) is 33.1 Å². The van der Waals surface area contributed by atoms with Gasteiger partial charge in [-0.05, 0) is 24.1 Å². The summed E-state index contributed by atoms with van der Waals surface area (Å²) < 4.78 is 27.6. The third-order valence-electron chi connectivity index (χ3n) is 2.99. The Morgan fingerprint density at radius 2 is 2.06 bits per heavy atom. The van der Waals surface area contributed by atoms with E-state index in [0.717, 1.165) is 17.7 Å². The maximum atomic E-state index is 11.3. The number of nitrogens with one attached hydrogen (secondary N) is 1. The fraction of sp³-hybridized carbons (Fsp3) is 0.500. The molecule has 0 spiro atoms. The van der Waals surface area contributed by atoms with Crippen LogP contribution in [0.5, 0.6) is 5.75 Å². The van der Waals surface area contributed by atoms with Gasteiger partial charge in [0.15, 0.2) is 9.84 Å². The molecule has 4 nitrogen and oxygen atoms in total. The Balaban J connectivity index is 1.86. The summed E-state index contributed by atoms with van der Waals surface area (Å²) in [5, 5.41) is 3.27. The van der Waals surface area contributed by atoms with Gasteiger partial charge in [-0.25, -0.2) is 8.42 Å². The molecule has 2 rings (SSSR count). The first-order valence-corrected chi connectivity index (χ1v) is 7.48. The van der Waals surface area contributed by atoms with Gasteiger partial charge in [0, 0.05) is 12.6 Å². The molecule has 0 aliphatic carbocycles. The minimum Gasteiger partial charge on any atom is -0.497 e. The van der Waals surface area contributed by atoms with Crippen LogP contribution in [0.1, 0.15) is 12.0 Å². The third-order valence-corrected chi connectivity index (χ3v) is 4.75. The van der Waals surface area contributed by atoms with Crippen LogP contribution in [0.15, 0.2) is 24.3 Å². The monoisotopic (exact) mass is 255 g/mol. The van der Waals surface area contributed by atoms with E-state index in [-0.39, 0.29) is 11.8 Å². The lowest BCUT2D eigenvalue weighted by atomic mass is 10.2. The maximum Gasteiger partial charge on any atom is 0.151 e. The number of rotatable bonds is 4. The molecule has 1 aliphatic heterocycles. The first kappa shape index (κ1) is 12.4. The molecular formula is C12H17NO3S. The van der Waals surface area contributed by atoms with E-state index in [9.17, 15) is 8.42 Å². The van der Waals surface area contributed by atoms with E-state index in [1.807, 2.05) is 24.3 Å². The second kappa shape index (κ2) is 5.06. The van der Waals surface area contributed by atoms with Gasteiger partial charge in [0.05, 0.1) is 18.6 Å². The highest BCUT2D eigenvalue weighted by Gasteiger charge is 2.27. The van der Waals surface area contributed by atoms with Gasteiger partial charge < -0.3 is 10.1 Å². The molecule has 17 heavy (non-hydrogen) atoms. The molecule has 1 aliphatic rings. The molecule has 0 aromatic heterocycles. The van der Waals surface area contributed by atoms with E-state index in [0.29, 0.717) is 12.3 Å². The van der Waals surface area contributed by atoms with Crippen molar-refractivity contribution in [1.82, 2.24) is 5.32 Å². The highest BCUT2D eigenvalue weighted by atomic mass is 32.2. The summed E-state index contributed by atoms with van der Waals surface area (Å²) in [4.78, 5) is 0. The summed E-state index contributed by atoms with van der Waals surface area (Å²) in [6.07, 6.45) is 0.721. The van der Waals surface area contributed by atoms with Crippen molar-refractivity contribution >= 4 is 9.84 Å². The van der Waals surface area contributed by atoms with E-state index < -0.39 is 9.84 Å². The van der Waals surface area contributed by atoms with Gasteiger partial charge in [0.25, 0.3) is 0 Å². The van der Waals surface area contributed by atoms with Crippen molar-refractivity contribution < 1.29 is 13.2 Å². The van der Waals surface area contributed by atoms with Crippen LogP contribution in [0.4, 0.5) is 0 Å². The molecule has 5 heteroatoms. The Kier molecular flexibility index (Phi) is 3.69. The van der Waals surface area contributed by atoms with Crippen LogP contribution in [0.25, 0.3) is 0 Å². The van der Waals surface area contributed by atoms with Gasteiger partial charge in [-0.1, -0.05) is 12.1 Å². The Morgan fingerprint density at radius 1 is 1.35 bits per heavy atom. The molecule has 1 saturated heterocycles. The molecule has 1 unspecified atom stereocenters. The number of hydrogen-bond donors (Lipinski definition) is 1. The normalized spacial score (nSPS) is 22.5. The van der Waals surface area contributed by atoms with E-state index in [4.69, 9.17) is 4.74 Å². The Labute approximate surface area is 102 Å². The Morgan fingerprint density at radius 3 is 2.59 bits per heavy atom. The SMILES string of the molecule is COc1ccc(CNC2CCS(=O)(=O)C2)cc1. The maximum absolute atomic E-state index is 11.3. The second-order valence-electron chi connectivity index (χ2n) is 4.33. The predicted octanol–water partition coefficient (Wildman–Crippen LogP) is 0.972. The van der Waals surface area contributed by atoms with Crippen molar-refractivity contribution in [3.63, 3.8) is 0 Å². The summed E-state index contributed by atoms with van der Waals surface area (Å²) in [5.41, 5.74) is 1.13. The van der Waals surface area contributed by atoms with Crippen LogP contribution >= 0.6 is 0 Å². The fourth-order valence-electron chi connectivity index (χ4n) is 1.96. The van der Waals surface area contributed by atoms with E-state index in [1.54, 1.807) is 7.11 Å². The second-order valence-corrected chi connectivity index (χ2v) is 6.56. The molecule has 1 atom stereocenters. The molecule has 1 aromatic rings. The van der Waals surface area contributed by atoms with Gasteiger partial charge >= 0.3 is 0 Å². The number of sulfone groups is 1. The third kappa shape index (κ3) is 3.44. The van der Waals surface area contributed by atoms with Crippen LogP contribution in [0, 0.1) is 0 Å². The average molecular weight is 255 g/mol. The van der Waals surface area contributed by atoms with Gasteiger partial charge in [0.2, 0.25) is 0 Å². The minimum absolute atomic E-state index is 0.0992. The van der Waals surface area contributed by atoms with Crippen molar-refractivity contribution in [3.8, 4) is 5.75 Å². The molecule has 0 radical (unpaired) electrons. The zero-order valence-corrected chi connectivity index (χ0v) is 10.7. The smallest absolute Gasteiger partial charge is 0.151 e. The van der Waals surface area contributed by atoms with Crippen LogP contribution in [0.2, 0.25) is 0 Å². The molecule has 1 fully saturated rings. The van der Waals surface area contributed by atoms with Crippen LogP contribution in [-0.2, 0) is 16.4 Å². The summed E-state index contributed by atoms with van der Waals surface area (Å²) in [6, 6.07) is 7.87. The summed E-state index contributed by atoms with van der Waals surface area (Å²) >= 11 is 0. The van der Waals surface area contributed by atoms with Crippen molar-refractivity contribution in [2.24, 2.45) is 0 Å². The van der Waals surface area contributed by atoms with Crippen molar-refractivity contribution in [2.45, 2.75) is 19.0 Å². The summed E-state index contributed by atoms with van der Waals surface area (Å²) in [6.45, 7) is 0.699. The van der Waals surface area contributed by atoms with Gasteiger partial charge in [-0.3, -0.25) is 0 Å². The largest absolute Gasteiger partial charge is 0.497 e. The van der Waals surface area contributed by atoms with Gasteiger partial charge in [-0.15, -0.1) is 0 Å². The van der Waals surface area contributed by atoms with Crippen LogP contribution in [0.3, 0.4) is 0 Å². The lowest BCUT2D eigenvalue weighted by Crippen LogP contribution is -2.29. The standard InChI is InChI=1S/C12H17NO3S/c1-16-12-4-2-10(3-5-12)8-13-11-6-7-17(14,15)9-11/h2-5,11,13H,6-9H2,1H3. The molecule has 0 amide bonds. The van der Waals surface area contributed by atoms with Crippen molar-refractivity contribution in [2.75, 3.05) is 18.6 Å². The average Bonchev–Trinajstić information content (AvgIpc) is 2.67. The zero-order valence-electron chi connectivity index (χ0n) is 9.85. The fourth-order valence-corrected chi connectivity index (χ4v) is 3.67. The van der Waals surface area contributed by atoms with E-state index >= 15 is 0 Å². The quantitative estimate of drug-likeness (QED) is 0.871. The minimum atomic E-state index is -2.79. The molecule has 94 valence electrons. The molecule has 0 saturated carbocycles. The highest BCUT2D eigenvalue weighted by molar-refractivity contribution is 7.91. The van der Waals surface area contributed by atoms with Gasteiger partial charge in [0.1, 0.15) is 5.75 Å². The topological polar surface area (TPSA) is 55.4 Å². The zero-order chi connectivity index (χ0) is 12.3. The first-order chi connectivity index (χ1) is 8.09. The number of benzene rings is 1. The van der Waals surface area contributed by atoms with Crippen molar-refractivity contribution in [3.05, 3.63) is 29.8 Å². The first-order valence-electron chi connectivity index (χ1n) is 5.66. The molecule has 1 aromatic carbocycles. The number of methoxy groups -OCH3 is 1. The Hall–Kier alpha value is -1.07. The number of ether oxygens (including phenoxy) is 1. The molecule has 1 N–H and O–H groups in total. The van der Waals surface area contributed by atoms with Gasteiger partial charge in [-0.2, -0.15) is 0 Å². The lowest BCUT2D eigenvalue weighted by Gasteiger charge is -2.10.